The van der Waals surface area contributed by atoms with E-state index in [9.17, 15) is 5.11 Å². The highest BCUT2D eigenvalue weighted by Gasteiger charge is 2.39. The van der Waals surface area contributed by atoms with Gasteiger partial charge in [-0.05, 0) is 57.4 Å². The summed E-state index contributed by atoms with van der Waals surface area (Å²) >= 11 is 0. The molecule has 0 aromatic heterocycles. The van der Waals surface area contributed by atoms with Gasteiger partial charge in [-0.3, -0.25) is 4.99 Å². The highest BCUT2D eigenvalue weighted by molar-refractivity contribution is 14.0. The number of nitrogens with one attached hydrogen (secondary N) is 1. The van der Waals surface area contributed by atoms with Crippen molar-refractivity contribution in [2.75, 3.05) is 45.8 Å². The minimum absolute atomic E-state index is 0. The summed E-state index contributed by atoms with van der Waals surface area (Å²) in [4.78, 5) is 9.92. The second kappa shape index (κ2) is 11.1. The van der Waals surface area contributed by atoms with Gasteiger partial charge >= 0.3 is 0 Å². The summed E-state index contributed by atoms with van der Waals surface area (Å²) in [7, 11) is 0. The molecule has 5 nitrogen and oxygen atoms in total. The Balaban J connectivity index is 0.00000243. The molecule has 2 N–H and O–H groups in total. The number of piperidine rings is 1. The number of hydrogen-bond acceptors (Lipinski definition) is 3. The van der Waals surface area contributed by atoms with Gasteiger partial charge in [-0.25, -0.2) is 0 Å². The second-order valence-electron chi connectivity index (χ2n) is 8.39. The van der Waals surface area contributed by atoms with Gasteiger partial charge in [0.2, 0.25) is 0 Å². The summed E-state index contributed by atoms with van der Waals surface area (Å²) in [5.74, 6) is 1.14. The number of nitrogens with zero attached hydrogens (tertiary/aromatic N) is 3. The zero-order valence-corrected chi connectivity index (χ0v) is 18.9. The minimum Gasteiger partial charge on any atom is -0.393 e. The van der Waals surface area contributed by atoms with Crippen molar-refractivity contribution in [1.82, 2.24) is 15.1 Å². The predicted molar refractivity (Wildman–Crippen MR) is 119 cm³/mol. The number of rotatable bonds is 5. The van der Waals surface area contributed by atoms with Crippen molar-refractivity contribution in [3.63, 3.8) is 0 Å². The number of halogens is 1. The first kappa shape index (κ1) is 22.2. The lowest BCUT2D eigenvalue weighted by Crippen LogP contribution is -2.42. The van der Waals surface area contributed by atoms with Crippen molar-refractivity contribution in [2.24, 2.45) is 10.4 Å². The van der Waals surface area contributed by atoms with Crippen LogP contribution in [0.5, 0.6) is 0 Å². The molecule has 0 radical (unpaired) electrons. The maximum Gasteiger partial charge on any atom is 0.193 e. The standard InChI is InChI=1S/C20H38N4O.HI/c1-2-21-19(22-12-6-13-23-14-7-18(25)8-15-23)24-16-11-20(17-24)9-4-3-5-10-20;/h18,25H,2-17H2,1H3,(H,21,22);1H. The third-order valence-electron chi connectivity index (χ3n) is 6.44. The number of hydrogen-bond donors (Lipinski definition) is 2. The summed E-state index contributed by atoms with van der Waals surface area (Å²) in [5.41, 5.74) is 0.586. The average molecular weight is 478 g/mol. The summed E-state index contributed by atoms with van der Waals surface area (Å²) in [5, 5.41) is 13.1. The van der Waals surface area contributed by atoms with Crippen LogP contribution in [0, 0.1) is 5.41 Å². The van der Waals surface area contributed by atoms with Gasteiger partial charge in [0.15, 0.2) is 5.96 Å². The van der Waals surface area contributed by atoms with Crippen LogP contribution in [0.25, 0.3) is 0 Å². The van der Waals surface area contributed by atoms with Gasteiger partial charge in [-0.15, -0.1) is 24.0 Å². The van der Waals surface area contributed by atoms with Gasteiger partial charge in [0.1, 0.15) is 0 Å². The van der Waals surface area contributed by atoms with E-state index in [2.05, 4.69) is 22.0 Å². The quantitative estimate of drug-likeness (QED) is 0.276. The lowest BCUT2D eigenvalue weighted by atomic mass is 9.73. The smallest absolute Gasteiger partial charge is 0.193 e. The predicted octanol–water partition coefficient (Wildman–Crippen LogP) is 3.07. The Bertz CT molecular complexity index is 432. The van der Waals surface area contributed by atoms with Crippen LogP contribution in [0.3, 0.4) is 0 Å². The van der Waals surface area contributed by atoms with Crippen molar-refractivity contribution in [3.8, 4) is 0 Å². The minimum atomic E-state index is -0.0723. The van der Waals surface area contributed by atoms with Crippen LogP contribution in [0.1, 0.15) is 64.7 Å². The molecule has 0 aromatic rings. The Morgan fingerprint density at radius 3 is 2.54 bits per heavy atom. The average Bonchev–Trinajstić information content (AvgIpc) is 3.03. The Labute approximate surface area is 177 Å². The highest BCUT2D eigenvalue weighted by atomic mass is 127. The lowest BCUT2D eigenvalue weighted by Gasteiger charge is -2.33. The molecule has 2 heterocycles. The van der Waals surface area contributed by atoms with Gasteiger partial charge in [-0.1, -0.05) is 19.3 Å². The molecule has 1 spiro atoms. The number of aliphatic imine (C=N–C) groups is 1. The Morgan fingerprint density at radius 1 is 1.12 bits per heavy atom. The van der Waals surface area contributed by atoms with Crippen molar-refractivity contribution in [3.05, 3.63) is 0 Å². The van der Waals surface area contributed by atoms with Gasteiger partial charge in [0, 0.05) is 39.3 Å². The fourth-order valence-electron chi connectivity index (χ4n) is 4.87. The van der Waals surface area contributed by atoms with E-state index in [-0.39, 0.29) is 30.1 Å². The molecular formula is C20H39IN4O. The van der Waals surface area contributed by atoms with Gasteiger partial charge in [0.05, 0.1) is 6.10 Å². The lowest BCUT2D eigenvalue weighted by molar-refractivity contribution is 0.0824. The van der Waals surface area contributed by atoms with E-state index in [0.29, 0.717) is 5.41 Å². The number of likely N-dealkylation sites (tertiary alicyclic amines) is 2. The van der Waals surface area contributed by atoms with Crippen molar-refractivity contribution < 1.29 is 5.11 Å². The van der Waals surface area contributed by atoms with Crippen molar-refractivity contribution in [2.45, 2.75) is 70.8 Å². The van der Waals surface area contributed by atoms with Crippen LogP contribution in [0.4, 0.5) is 0 Å². The van der Waals surface area contributed by atoms with Crippen LogP contribution in [0.2, 0.25) is 0 Å². The number of aliphatic hydroxyl groups is 1. The van der Waals surface area contributed by atoms with E-state index in [4.69, 9.17) is 4.99 Å². The molecule has 152 valence electrons. The van der Waals surface area contributed by atoms with Crippen LogP contribution in [-0.4, -0.2) is 72.8 Å². The number of aliphatic hydroxyl groups excluding tert-OH is 1. The van der Waals surface area contributed by atoms with E-state index >= 15 is 0 Å². The topological polar surface area (TPSA) is 51.1 Å². The Kier molecular flexibility index (Phi) is 9.44. The molecule has 1 saturated carbocycles. The molecule has 6 heteroatoms. The summed E-state index contributed by atoms with van der Waals surface area (Å²) in [6, 6.07) is 0. The van der Waals surface area contributed by atoms with Crippen molar-refractivity contribution >= 4 is 29.9 Å². The largest absolute Gasteiger partial charge is 0.393 e. The molecule has 0 aromatic carbocycles. The van der Waals surface area contributed by atoms with Gasteiger partial charge in [0.25, 0.3) is 0 Å². The highest BCUT2D eigenvalue weighted by Crippen LogP contribution is 2.43. The van der Waals surface area contributed by atoms with E-state index in [1.165, 1.54) is 51.6 Å². The molecule has 0 amide bonds. The third-order valence-corrected chi connectivity index (χ3v) is 6.44. The first-order valence-corrected chi connectivity index (χ1v) is 10.6. The molecule has 0 bridgehead atoms. The monoisotopic (exact) mass is 478 g/mol. The van der Waals surface area contributed by atoms with Crippen LogP contribution in [0.15, 0.2) is 4.99 Å². The SMILES string of the molecule is CCNC(=NCCCN1CCC(O)CC1)N1CCC2(CCCCC2)C1.I. The van der Waals surface area contributed by atoms with E-state index in [0.717, 1.165) is 57.9 Å². The fourth-order valence-corrected chi connectivity index (χ4v) is 4.87. The second-order valence-corrected chi connectivity index (χ2v) is 8.39. The van der Waals surface area contributed by atoms with Crippen LogP contribution < -0.4 is 5.32 Å². The van der Waals surface area contributed by atoms with Crippen LogP contribution >= 0.6 is 24.0 Å². The molecule has 0 atom stereocenters. The molecule has 2 aliphatic heterocycles. The van der Waals surface area contributed by atoms with Gasteiger partial charge in [-0.2, -0.15) is 0 Å². The number of guanidine groups is 1. The molecular weight excluding hydrogens is 439 g/mol. The molecule has 3 fully saturated rings. The first-order chi connectivity index (χ1) is 12.2. The molecule has 3 aliphatic rings. The fraction of sp³-hybridized carbons (Fsp3) is 0.950. The zero-order valence-electron chi connectivity index (χ0n) is 16.6. The van der Waals surface area contributed by atoms with E-state index in [1.54, 1.807) is 0 Å². The summed E-state index contributed by atoms with van der Waals surface area (Å²) in [6.07, 6.45) is 11.4. The zero-order chi connectivity index (χ0) is 17.5. The molecule has 1 aliphatic carbocycles. The van der Waals surface area contributed by atoms with Gasteiger partial charge < -0.3 is 20.2 Å². The Hall–Kier alpha value is -0.0800. The first-order valence-electron chi connectivity index (χ1n) is 10.6. The maximum atomic E-state index is 9.59. The molecule has 26 heavy (non-hydrogen) atoms. The van der Waals surface area contributed by atoms with Crippen LogP contribution in [-0.2, 0) is 0 Å². The van der Waals surface area contributed by atoms with E-state index in [1.807, 2.05) is 0 Å². The maximum absolute atomic E-state index is 9.59. The third kappa shape index (κ3) is 6.23. The summed E-state index contributed by atoms with van der Waals surface area (Å²) in [6.45, 7) is 9.61. The summed E-state index contributed by atoms with van der Waals surface area (Å²) < 4.78 is 0. The molecule has 3 rings (SSSR count). The molecule has 2 saturated heterocycles. The molecule has 0 unspecified atom stereocenters. The van der Waals surface area contributed by atoms with E-state index < -0.39 is 0 Å². The normalized spacial score (nSPS) is 24.7. The van der Waals surface area contributed by atoms with Crippen molar-refractivity contribution in [1.29, 1.82) is 0 Å². The Morgan fingerprint density at radius 2 is 1.85 bits per heavy atom.